The lowest BCUT2D eigenvalue weighted by Crippen LogP contribution is -2.57. The molecule has 5 aromatic rings. The van der Waals surface area contributed by atoms with E-state index in [0.717, 1.165) is 32.2 Å². The normalized spacial score (nSPS) is 24.4. The molecule has 9 rings (SSSR count). The number of terminal acetylenes is 1. The van der Waals surface area contributed by atoms with E-state index in [1.807, 2.05) is 9.80 Å². The summed E-state index contributed by atoms with van der Waals surface area (Å²) in [6, 6.07) is 4.67. The number of anilines is 1. The molecule has 4 saturated heterocycles. The van der Waals surface area contributed by atoms with Crippen molar-refractivity contribution in [2.45, 2.75) is 55.9 Å². The van der Waals surface area contributed by atoms with Crippen LogP contribution in [0, 0.1) is 24.0 Å². The molecule has 4 aliphatic rings. The van der Waals surface area contributed by atoms with Crippen LogP contribution in [0.25, 0.3) is 32.9 Å². The monoisotopic (exact) mass is 695 g/mol. The second kappa shape index (κ2) is 11.8. The Bertz CT molecular complexity index is 2250. The number of alkyl halides is 1. The molecular weight excluding hydrogens is 663 g/mol. The molecule has 15 heteroatoms. The molecule has 4 atom stereocenters. The minimum Gasteiger partial charge on any atom is -0.508 e. The van der Waals surface area contributed by atoms with Gasteiger partial charge in [0, 0.05) is 43.2 Å². The Hall–Kier alpha value is -5.49. The van der Waals surface area contributed by atoms with Gasteiger partial charge in [-0.1, -0.05) is 12.0 Å². The van der Waals surface area contributed by atoms with Crippen LogP contribution >= 0.6 is 0 Å². The van der Waals surface area contributed by atoms with E-state index in [1.165, 1.54) is 47.8 Å². The zero-order valence-electron chi connectivity index (χ0n) is 27.3. The number of benzene rings is 2. The lowest BCUT2D eigenvalue weighted by atomic mass is 9.95. The number of aromatic nitrogens is 6. The van der Waals surface area contributed by atoms with Crippen LogP contribution in [0.2, 0.25) is 0 Å². The molecule has 4 fully saturated rings. The van der Waals surface area contributed by atoms with E-state index in [9.17, 15) is 18.7 Å². The van der Waals surface area contributed by atoms with Crippen molar-refractivity contribution in [1.82, 2.24) is 39.5 Å². The van der Waals surface area contributed by atoms with Gasteiger partial charge in [-0.25, -0.2) is 22.9 Å². The average Bonchev–Trinajstić information content (AvgIpc) is 3.90. The largest absolute Gasteiger partial charge is 0.508 e. The van der Waals surface area contributed by atoms with Crippen molar-refractivity contribution in [1.29, 1.82) is 0 Å². The molecular formula is C36H32F3N9O3. The first-order chi connectivity index (χ1) is 24.7. The molecule has 4 aliphatic heterocycles. The summed E-state index contributed by atoms with van der Waals surface area (Å²) in [5.41, 5.74) is -0.783. The van der Waals surface area contributed by atoms with Crippen molar-refractivity contribution in [2.24, 2.45) is 0 Å². The molecule has 51 heavy (non-hydrogen) atoms. The summed E-state index contributed by atoms with van der Waals surface area (Å²) in [5, 5.41) is 15.5. The third-order valence-corrected chi connectivity index (χ3v) is 10.9. The highest BCUT2D eigenvalue weighted by Crippen LogP contribution is 2.42. The predicted octanol–water partition coefficient (Wildman–Crippen LogP) is 4.68. The topological polar surface area (TPSA) is 126 Å². The lowest BCUT2D eigenvalue weighted by Gasteiger charge is -2.41. The Balaban J connectivity index is 1.15. The molecule has 2 unspecified atom stereocenters. The van der Waals surface area contributed by atoms with Crippen LogP contribution in [0.15, 0.2) is 43.1 Å². The molecule has 0 radical (unpaired) electrons. The van der Waals surface area contributed by atoms with E-state index in [-0.39, 0.29) is 64.2 Å². The zero-order chi connectivity index (χ0) is 35.0. The molecule has 0 saturated carbocycles. The summed E-state index contributed by atoms with van der Waals surface area (Å²) in [6.45, 7) is 2.04. The fourth-order valence-electron chi connectivity index (χ4n) is 8.73. The van der Waals surface area contributed by atoms with Gasteiger partial charge in [0.15, 0.2) is 5.82 Å². The molecule has 3 aromatic heterocycles. The second-order valence-electron chi connectivity index (χ2n) is 13.9. The molecule has 260 valence electrons. The van der Waals surface area contributed by atoms with Crippen LogP contribution in [0.3, 0.4) is 0 Å². The number of carbonyl (C=O) groups is 1. The fourth-order valence-corrected chi connectivity index (χ4v) is 8.73. The fraction of sp³-hybridized carbons (Fsp3) is 0.389. The summed E-state index contributed by atoms with van der Waals surface area (Å²) >= 11 is 0. The van der Waals surface area contributed by atoms with Gasteiger partial charge in [-0.15, -0.1) is 6.42 Å². The second-order valence-corrected chi connectivity index (χ2v) is 13.9. The van der Waals surface area contributed by atoms with E-state index < -0.39 is 23.3 Å². The molecule has 2 bridgehead atoms. The standard InChI is InChI=1S/C36H32F3N9O3/c1-2-25-28(38)7-4-20-10-24(49)11-26(29(20)25)31-30(39)32-27(13-41-31)33(44-34(43-32)51-17-36-8-3-9-46(36)14-21(37)12-36)45-15-22-5-6-23(16-45)48(22)35(50)47-19-40-18-42-47/h1,4,7,10-11,13,18-19,21-23,49H,3,5-6,8-9,12,14-17H2/t21-,22?,23?,36+/m1/s1. The number of phenols is 1. The number of nitrogens with zero attached hydrogens (tertiary/aromatic N) is 9. The highest BCUT2D eigenvalue weighted by molar-refractivity contribution is 6.03. The van der Waals surface area contributed by atoms with Crippen molar-refractivity contribution in [3.05, 3.63) is 60.3 Å². The number of aromatic hydroxyl groups is 1. The van der Waals surface area contributed by atoms with Gasteiger partial charge in [-0.05, 0) is 55.8 Å². The van der Waals surface area contributed by atoms with Crippen LogP contribution in [0.5, 0.6) is 11.8 Å². The van der Waals surface area contributed by atoms with Crippen LogP contribution in [-0.4, -0.2) is 107 Å². The first kappa shape index (κ1) is 31.5. The van der Waals surface area contributed by atoms with Gasteiger partial charge in [-0.2, -0.15) is 19.7 Å². The van der Waals surface area contributed by atoms with E-state index in [0.29, 0.717) is 42.6 Å². The smallest absolute Gasteiger partial charge is 0.346 e. The quantitative estimate of drug-likeness (QED) is 0.259. The van der Waals surface area contributed by atoms with Crippen molar-refractivity contribution in [2.75, 3.05) is 37.7 Å². The zero-order valence-corrected chi connectivity index (χ0v) is 27.3. The number of hydrogen-bond acceptors (Lipinski definition) is 10. The van der Waals surface area contributed by atoms with Gasteiger partial charge in [-0.3, -0.25) is 9.88 Å². The molecule has 12 nitrogen and oxygen atoms in total. The first-order valence-electron chi connectivity index (χ1n) is 17.0. The highest BCUT2D eigenvalue weighted by Gasteiger charge is 2.50. The first-order valence-corrected chi connectivity index (χ1v) is 17.0. The number of piperazine rings is 1. The van der Waals surface area contributed by atoms with E-state index in [4.69, 9.17) is 16.1 Å². The minimum absolute atomic E-state index is 0.0818. The highest BCUT2D eigenvalue weighted by atomic mass is 19.1. The average molecular weight is 696 g/mol. The number of fused-ring (bicyclic) bond motifs is 5. The summed E-state index contributed by atoms with van der Waals surface area (Å²) in [7, 11) is 0. The molecule has 1 amide bonds. The maximum absolute atomic E-state index is 17.0. The van der Waals surface area contributed by atoms with Gasteiger partial charge in [0.2, 0.25) is 0 Å². The predicted molar refractivity (Wildman–Crippen MR) is 180 cm³/mol. The van der Waals surface area contributed by atoms with Gasteiger partial charge in [0.1, 0.15) is 54.0 Å². The Labute approximate surface area is 289 Å². The van der Waals surface area contributed by atoms with Crippen LogP contribution in [0.1, 0.15) is 37.7 Å². The Morgan fingerprint density at radius 2 is 1.96 bits per heavy atom. The number of rotatable bonds is 5. The van der Waals surface area contributed by atoms with Gasteiger partial charge < -0.3 is 19.6 Å². The Morgan fingerprint density at radius 1 is 1.14 bits per heavy atom. The number of carbonyl (C=O) groups excluding carboxylic acids is 1. The van der Waals surface area contributed by atoms with E-state index >= 15 is 4.39 Å². The van der Waals surface area contributed by atoms with Crippen LogP contribution in [-0.2, 0) is 0 Å². The Kier molecular flexibility index (Phi) is 7.28. The van der Waals surface area contributed by atoms with E-state index in [2.05, 4.69) is 30.9 Å². The van der Waals surface area contributed by atoms with Gasteiger partial charge in [0.05, 0.1) is 28.6 Å². The molecule has 0 spiro atoms. The van der Waals surface area contributed by atoms with Crippen LogP contribution in [0.4, 0.5) is 23.8 Å². The third kappa shape index (κ3) is 5.03. The third-order valence-electron chi connectivity index (χ3n) is 10.9. The van der Waals surface area contributed by atoms with Gasteiger partial charge >= 0.3 is 12.0 Å². The van der Waals surface area contributed by atoms with Crippen LogP contribution < -0.4 is 9.64 Å². The number of halogens is 3. The molecule has 2 aromatic carbocycles. The maximum Gasteiger partial charge on any atom is 0.346 e. The van der Waals surface area contributed by atoms with Crippen molar-refractivity contribution in [3.63, 3.8) is 0 Å². The number of phenolic OH excluding ortho intramolecular Hbond substituents is 1. The van der Waals surface area contributed by atoms with Gasteiger partial charge in [0.25, 0.3) is 0 Å². The number of amides is 1. The Morgan fingerprint density at radius 3 is 2.73 bits per heavy atom. The number of ether oxygens (including phenoxy) is 1. The molecule has 7 heterocycles. The van der Waals surface area contributed by atoms with Crippen molar-refractivity contribution < 1.29 is 27.8 Å². The summed E-state index contributed by atoms with van der Waals surface area (Å²) in [6.07, 6.45) is 12.4. The summed E-state index contributed by atoms with van der Waals surface area (Å²) in [5.74, 6) is 1.05. The number of pyridine rings is 1. The number of hydrogen-bond donors (Lipinski definition) is 1. The molecule has 1 N–H and O–H groups in total. The summed E-state index contributed by atoms with van der Waals surface area (Å²) in [4.78, 5) is 37.0. The maximum atomic E-state index is 17.0. The molecule has 0 aliphatic carbocycles. The minimum atomic E-state index is -0.963. The van der Waals surface area contributed by atoms with Crippen molar-refractivity contribution in [3.8, 4) is 35.4 Å². The SMILES string of the molecule is C#Cc1c(F)ccc2cc(O)cc(-c3ncc4c(N5CC6CCC(C5)N6C(=O)n5cncn5)nc(OC[C@@]56CCCN5C[C@H](F)C6)nc4c3F)c12. The van der Waals surface area contributed by atoms with E-state index in [1.54, 1.807) is 0 Å². The van der Waals surface area contributed by atoms with Crippen molar-refractivity contribution >= 4 is 33.5 Å². The summed E-state index contributed by atoms with van der Waals surface area (Å²) < 4.78 is 54.0. The lowest BCUT2D eigenvalue weighted by molar-refractivity contribution is 0.107.